The van der Waals surface area contributed by atoms with Crippen molar-refractivity contribution in [1.29, 1.82) is 0 Å². The van der Waals surface area contributed by atoms with Gasteiger partial charge in [0.25, 0.3) is 0 Å². The number of para-hydroxylation sites is 1. The van der Waals surface area contributed by atoms with E-state index in [9.17, 15) is 5.11 Å². The third-order valence-electron chi connectivity index (χ3n) is 3.36. The van der Waals surface area contributed by atoms with Crippen LogP contribution in [0.1, 0.15) is 16.7 Å². The largest absolute Gasteiger partial charge is 0.392 e. The maximum absolute atomic E-state index is 9.40. The van der Waals surface area contributed by atoms with Crippen LogP contribution >= 0.6 is 15.9 Å². The summed E-state index contributed by atoms with van der Waals surface area (Å²) in [5, 5.41) is 9.40. The first kappa shape index (κ1) is 14.1. The van der Waals surface area contributed by atoms with Crippen molar-refractivity contribution in [2.75, 3.05) is 11.9 Å². The second-order valence-electron chi connectivity index (χ2n) is 4.67. The fourth-order valence-electron chi connectivity index (χ4n) is 2.18. The van der Waals surface area contributed by atoms with Gasteiger partial charge in [-0.2, -0.15) is 0 Å². The van der Waals surface area contributed by atoms with Crippen molar-refractivity contribution in [1.82, 2.24) is 0 Å². The van der Waals surface area contributed by atoms with Crippen molar-refractivity contribution in [3.05, 3.63) is 63.6 Å². The SMILES string of the molecule is Cc1c(Br)cccc1CN(C)c1ccccc1CO. The molecule has 2 aromatic rings. The summed E-state index contributed by atoms with van der Waals surface area (Å²) >= 11 is 3.56. The lowest BCUT2D eigenvalue weighted by Gasteiger charge is -2.23. The van der Waals surface area contributed by atoms with E-state index in [1.165, 1.54) is 11.1 Å². The predicted octanol–water partition coefficient (Wildman–Crippen LogP) is 3.89. The number of aliphatic hydroxyl groups is 1. The van der Waals surface area contributed by atoms with Gasteiger partial charge in [0.2, 0.25) is 0 Å². The standard InChI is InChI=1S/C16H18BrNO/c1-12-13(7-5-8-15(12)17)10-18(2)16-9-4-3-6-14(16)11-19/h3-9,19H,10-11H2,1-2H3. The summed E-state index contributed by atoms with van der Waals surface area (Å²) in [4.78, 5) is 2.17. The Morgan fingerprint density at radius 2 is 1.74 bits per heavy atom. The maximum atomic E-state index is 9.40. The number of hydrogen-bond acceptors (Lipinski definition) is 2. The van der Waals surface area contributed by atoms with Gasteiger partial charge in [0.1, 0.15) is 0 Å². The first-order valence-corrected chi connectivity index (χ1v) is 7.06. The summed E-state index contributed by atoms with van der Waals surface area (Å²) in [6.07, 6.45) is 0. The molecule has 0 unspecified atom stereocenters. The van der Waals surface area contributed by atoms with E-state index >= 15 is 0 Å². The highest BCUT2D eigenvalue weighted by Gasteiger charge is 2.09. The average Bonchev–Trinajstić information content (AvgIpc) is 2.43. The van der Waals surface area contributed by atoms with E-state index in [4.69, 9.17) is 0 Å². The molecule has 3 heteroatoms. The fraction of sp³-hybridized carbons (Fsp3) is 0.250. The van der Waals surface area contributed by atoms with Gasteiger partial charge in [-0.25, -0.2) is 0 Å². The molecular formula is C16H18BrNO. The topological polar surface area (TPSA) is 23.5 Å². The molecule has 0 heterocycles. The molecular weight excluding hydrogens is 302 g/mol. The quantitative estimate of drug-likeness (QED) is 0.924. The summed E-state index contributed by atoms with van der Waals surface area (Å²) in [5.74, 6) is 0. The van der Waals surface area contributed by atoms with Crippen molar-refractivity contribution in [2.45, 2.75) is 20.1 Å². The normalized spacial score (nSPS) is 10.5. The Hall–Kier alpha value is -1.32. The molecule has 0 aliphatic heterocycles. The van der Waals surface area contributed by atoms with Gasteiger partial charge >= 0.3 is 0 Å². The van der Waals surface area contributed by atoms with Crippen LogP contribution in [-0.2, 0) is 13.2 Å². The van der Waals surface area contributed by atoms with Crippen LogP contribution in [0.5, 0.6) is 0 Å². The van der Waals surface area contributed by atoms with Crippen molar-refractivity contribution in [3.63, 3.8) is 0 Å². The van der Waals surface area contributed by atoms with Crippen molar-refractivity contribution >= 4 is 21.6 Å². The molecule has 0 amide bonds. The van der Waals surface area contributed by atoms with E-state index < -0.39 is 0 Å². The Kier molecular flexibility index (Phi) is 4.61. The lowest BCUT2D eigenvalue weighted by Crippen LogP contribution is -2.18. The Balaban J connectivity index is 2.26. The number of halogens is 1. The molecule has 0 aliphatic carbocycles. The number of rotatable bonds is 4. The molecule has 0 aromatic heterocycles. The van der Waals surface area contributed by atoms with E-state index in [1.807, 2.05) is 24.3 Å². The number of nitrogens with zero attached hydrogens (tertiary/aromatic N) is 1. The third kappa shape index (κ3) is 3.17. The zero-order chi connectivity index (χ0) is 13.8. The Bertz CT molecular complexity index is 568. The molecule has 2 rings (SSSR count). The van der Waals surface area contributed by atoms with Crippen molar-refractivity contribution < 1.29 is 5.11 Å². The first-order valence-electron chi connectivity index (χ1n) is 6.27. The maximum Gasteiger partial charge on any atom is 0.0702 e. The summed E-state index contributed by atoms with van der Waals surface area (Å²) in [7, 11) is 2.05. The van der Waals surface area contributed by atoms with Crippen LogP contribution in [0.25, 0.3) is 0 Å². The molecule has 0 spiro atoms. The highest BCUT2D eigenvalue weighted by atomic mass is 79.9. The highest BCUT2D eigenvalue weighted by molar-refractivity contribution is 9.10. The molecule has 0 saturated heterocycles. The second-order valence-corrected chi connectivity index (χ2v) is 5.52. The molecule has 0 atom stereocenters. The van der Waals surface area contributed by atoms with Crippen LogP contribution in [0.3, 0.4) is 0 Å². The van der Waals surface area contributed by atoms with Crippen LogP contribution in [0.2, 0.25) is 0 Å². The Labute approximate surface area is 122 Å². The predicted molar refractivity (Wildman–Crippen MR) is 83.4 cm³/mol. The first-order chi connectivity index (χ1) is 9.13. The molecule has 19 heavy (non-hydrogen) atoms. The molecule has 0 bridgehead atoms. The van der Waals surface area contributed by atoms with Gasteiger partial charge < -0.3 is 10.0 Å². The lowest BCUT2D eigenvalue weighted by atomic mass is 10.1. The minimum absolute atomic E-state index is 0.0674. The zero-order valence-electron chi connectivity index (χ0n) is 11.2. The molecule has 2 aromatic carbocycles. The van der Waals surface area contributed by atoms with E-state index in [1.54, 1.807) is 0 Å². The van der Waals surface area contributed by atoms with Gasteiger partial charge in [-0.05, 0) is 30.2 Å². The van der Waals surface area contributed by atoms with Crippen LogP contribution < -0.4 is 4.90 Å². The monoisotopic (exact) mass is 319 g/mol. The molecule has 2 nitrogen and oxygen atoms in total. The van der Waals surface area contributed by atoms with Crippen LogP contribution in [0, 0.1) is 6.92 Å². The van der Waals surface area contributed by atoms with Gasteiger partial charge in [-0.15, -0.1) is 0 Å². The van der Waals surface area contributed by atoms with Crippen LogP contribution in [0.15, 0.2) is 46.9 Å². The molecule has 1 N–H and O–H groups in total. The Morgan fingerprint density at radius 1 is 1.05 bits per heavy atom. The van der Waals surface area contributed by atoms with E-state index in [0.29, 0.717) is 0 Å². The summed E-state index contributed by atoms with van der Waals surface area (Å²) in [5.41, 5.74) is 4.57. The second kappa shape index (κ2) is 6.22. The number of aliphatic hydroxyl groups excluding tert-OH is 1. The van der Waals surface area contributed by atoms with Gasteiger partial charge in [-0.1, -0.05) is 46.3 Å². The van der Waals surface area contributed by atoms with Gasteiger partial charge in [0, 0.05) is 29.3 Å². The summed E-state index contributed by atoms with van der Waals surface area (Å²) in [6.45, 7) is 3.01. The average molecular weight is 320 g/mol. The molecule has 0 fully saturated rings. The minimum Gasteiger partial charge on any atom is -0.392 e. The fourth-order valence-corrected chi connectivity index (χ4v) is 2.59. The summed E-state index contributed by atoms with van der Waals surface area (Å²) < 4.78 is 1.13. The van der Waals surface area contributed by atoms with Crippen LogP contribution in [-0.4, -0.2) is 12.2 Å². The number of hydrogen-bond donors (Lipinski definition) is 1. The van der Waals surface area contributed by atoms with Crippen molar-refractivity contribution in [3.8, 4) is 0 Å². The third-order valence-corrected chi connectivity index (χ3v) is 4.22. The molecule has 0 saturated carbocycles. The van der Waals surface area contributed by atoms with Crippen LogP contribution in [0.4, 0.5) is 5.69 Å². The zero-order valence-corrected chi connectivity index (χ0v) is 12.8. The lowest BCUT2D eigenvalue weighted by molar-refractivity contribution is 0.282. The Morgan fingerprint density at radius 3 is 2.47 bits per heavy atom. The number of benzene rings is 2. The van der Waals surface area contributed by atoms with E-state index in [-0.39, 0.29) is 6.61 Å². The van der Waals surface area contributed by atoms with Gasteiger partial charge in [-0.3, -0.25) is 0 Å². The van der Waals surface area contributed by atoms with E-state index in [2.05, 4.69) is 53.0 Å². The van der Waals surface area contributed by atoms with E-state index in [0.717, 1.165) is 22.3 Å². The van der Waals surface area contributed by atoms with Gasteiger partial charge in [0.15, 0.2) is 0 Å². The molecule has 0 aliphatic rings. The van der Waals surface area contributed by atoms with Crippen molar-refractivity contribution in [2.24, 2.45) is 0 Å². The highest BCUT2D eigenvalue weighted by Crippen LogP contribution is 2.24. The minimum atomic E-state index is 0.0674. The number of anilines is 1. The molecule has 100 valence electrons. The van der Waals surface area contributed by atoms with Gasteiger partial charge in [0.05, 0.1) is 6.61 Å². The molecule has 0 radical (unpaired) electrons. The smallest absolute Gasteiger partial charge is 0.0702 e. The summed E-state index contributed by atoms with van der Waals surface area (Å²) in [6, 6.07) is 14.2.